The number of benzene rings is 2. The second-order valence-corrected chi connectivity index (χ2v) is 14.1. The molecular formula is C26H38N2O4S2. The lowest BCUT2D eigenvalue weighted by Crippen LogP contribution is -2.61. The first-order valence-electron chi connectivity index (χ1n) is 12.0. The Morgan fingerprint density at radius 3 is 1.21 bits per heavy atom. The third kappa shape index (κ3) is 5.90. The van der Waals surface area contributed by atoms with Gasteiger partial charge in [0.05, 0.1) is 9.79 Å². The Morgan fingerprint density at radius 2 is 0.941 bits per heavy atom. The summed E-state index contributed by atoms with van der Waals surface area (Å²) in [4.78, 5) is 0.509. The zero-order chi connectivity index (χ0) is 25.3. The summed E-state index contributed by atoms with van der Waals surface area (Å²) in [7, 11) is -7.54. The summed E-state index contributed by atoms with van der Waals surface area (Å²) < 4.78 is 58.1. The van der Waals surface area contributed by atoms with E-state index in [1.807, 2.05) is 41.5 Å². The van der Waals surface area contributed by atoms with Crippen LogP contribution >= 0.6 is 0 Å². The van der Waals surface area contributed by atoms with Crippen LogP contribution in [0.15, 0.2) is 58.3 Å². The van der Waals surface area contributed by atoms with E-state index in [1.54, 1.807) is 57.1 Å². The summed E-state index contributed by atoms with van der Waals surface area (Å²) in [6, 6.07) is 12.9. The Morgan fingerprint density at radius 1 is 0.647 bits per heavy atom. The van der Waals surface area contributed by atoms with Gasteiger partial charge in [0.1, 0.15) is 0 Å². The van der Waals surface area contributed by atoms with Crippen LogP contribution < -0.4 is 0 Å². The molecule has 0 aromatic heterocycles. The van der Waals surface area contributed by atoms with Crippen LogP contribution in [0.1, 0.15) is 51.7 Å². The van der Waals surface area contributed by atoms with Crippen molar-refractivity contribution in [3.05, 3.63) is 59.7 Å². The number of nitrogens with zero attached hydrogens (tertiary/aromatic N) is 2. The Labute approximate surface area is 206 Å². The van der Waals surface area contributed by atoms with E-state index in [2.05, 4.69) is 0 Å². The van der Waals surface area contributed by atoms with Crippen molar-refractivity contribution in [2.24, 2.45) is 11.8 Å². The highest BCUT2D eigenvalue weighted by Crippen LogP contribution is 2.33. The molecule has 0 spiro atoms. The summed E-state index contributed by atoms with van der Waals surface area (Å²) in [6.45, 7) is 12.3. The second-order valence-electron chi connectivity index (χ2n) is 10.3. The molecule has 0 bridgehead atoms. The fourth-order valence-electron chi connectivity index (χ4n) is 4.65. The minimum atomic E-state index is -3.77. The molecule has 2 aromatic carbocycles. The van der Waals surface area contributed by atoms with Crippen LogP contribution in [0.25, 0.3) is 0 Å². The lowest BCUT2D eigenvalue weighted by Gasteiger charge is -2.45. The minimum absolute atomic E-state index is 0.150. The van der Waals surface area contributed by atoms with Gasteiger partial charge in [0.2, 0.25) is 20.0 Å². The zero-order valence-corrected chi connectivity index (χ0v) is 22.7. The van der Waals surface area contributed by atoms with Gasteiger partial charge in [-0.25, -0.2) is 16.8 Å². The fourth-order valence-corrected chi connectivity index (χ4v) is 7.98. The van der Waals surface area contributed by atoms with Gasteiger partial charge in [-0.05, 0) is 62.8 Å². The van der Waals surface area contributed by atoms with Crippen LogP contribution in [-0.2, 0) is 20.0 Å². The molecule has 6 nitrogen and oxygen atoms in total. The fraction of sp³-hybridized carbons (Fsp3) is 0.538. The molecule has 2 atom stereocenters. The van der Waals surface area contributed by atoms with Gasteiger partial charge in [-0.15, -0.1) is 0 Å². The van der Waals surface area contributed by atoms with Crippen LogP contribution in [0.2, 0.25) is 0 Å². The van der Waals surface area contributed by atoms with Crippen LogP contribution in [0.4, 0.5) is 0 Å². The molecule has 1 fully saturated rings. The third-order valence-corrected chi connectivity index (χ3v) is 10.2. The molecular weight excluding hydrogens is 468 g/mol. The SMILES string of the molecule is Cc1ccc(S(=O)(=O)N2C[C@H](CC(C)C)N(S(=O)(=O)c3ccc(C)cc3)C[C@@H]2CC(C)C)cc1. The summed E-state index contributed by atoms with van der Waals surface area (Å²) in [5.74, 6) is 0.428. The first-order chi connectivity index (χ1) is 15.8. The van der Waals surface area contributed by atoms with Crippen LogP contribution in [0.3, 0.4) is 0 Å². The molecule has 1 heterocycles. The Kier molecular flexibility index (Phi) is 8.28. The van der Waals surface area contributed by atoms with Gasteiger partial charge < -0.3 is 0 Å². The van der Waals surface area contributed by atoms with Gasteiger partial charge >= 0.3 is 0 Å². The van der Waals surface area contributed by atoms with Crippen LogP contribution in [0.5, 0.6) is 0 Å². The van der Waals surface area contributed by atoms with Crippen molar-refractivity contribution in [1.82, 2.24) is 8.61 Å². The molecule has 2 aromatic rings. The molecule has 1 aliphatic rings. The molecule has 0 N–H and O–H groups in total. The molecule has 0 saturated carbocycles. The molecule has 188 valence electrons. The van der Waals surface area contributed by atoms with E-state index in [0.29, 0.717) is 12.8 Å². The van der Waals surface area contributed by atoms with E-state index >= 15 is 0 Å². The number of piperazine rings is 1. The molecule has 0 aliphatic carbocycles. The van der Waals surface area contributed by atoms with Gasteiger partial charge in [0.25, 0.3) is 0 Å². The standard InChI is InChI=1S/C26H38N2O4S2/c1-19(2)15-23-17-28(34(31,32)26-13-9-22(6)10-14-26)24(16-20(3)4)18-27(23)33(29,30)25-11-7-21(5)8-12-25/h7-14,19-20,23-24H,15-18H2,1-6H3/t23-,24-/m0/s1. The molecule has 1 aliphatic heterocycles. The normalized spacial score (nSPS) is 20.8. The quantitative estimate of drug-likeness (QED) is 0.514. The molecule has 0 amide bonds. The predicted molar refractivity (Wildman–Crippen MR) is 137 cm³/mol. The molecule has 0 unspecified atom stereocenters. The highest BCUT2D eigenvalue weighted by atomic mass is 32.2. The maximum absolute atomic E-state index is 13.7. The maximum Gasteiger partial charge on any atom is 0.243 e. The van der Waals surface area contributed by atoms with E-state index in [9.17, 15) is 16.8 Å². The Bertz CT molecular complexity index is 1080. The maximum atomic E-state index is 13.7. The average molecular weight is 507 g/mol. The van der Waals surface area contributed by atoms with E-state index in [-0.39, 0.29) is 34.7 Å². The van der Waals surface area contributed by atoms with E-state index < -0.39 is 32.1 Å². The first kappa shape index (κ1) is 26.9. The van der Waals surface area contributed by atoms with Gasteiger partial charge in [-0.3, -0.25) is 0 Å². The zero-order valence-electron chi connectivity index (χ0n) is 21.1. The van der Waals surface area contributed by atoms with E-state index in [4.69, 9.17) is 0 Å². The third-order valence-electron chi connectivity index (χ3n) is 6.34. The largest absolute Gasteiger partial charge is 0.243 e. The highest BCUT2D eigenvalue weighted by Gasteiger charge is 2.45. The van der Waals surface area contributed by atoms with Crippen LogP contribution in [-0.4, -0.2) is 50.6 Å². The van der Waals surface area contributed by atoms with Crippen molar-refractivity contribution in [3.63, 3.8) is 0 Å². The highest BCUT2D eigenvalue weighted by molar-refractivity contribution is 7.89. The number of rotatable bonds is 8. The molecule has 1 saturated heterocycles. The molecule has 8 heteroatoms. The summed E-state index contributed by atoms with van der Waals surface area (Å²) in [6.07, 6.45) is 1.17. The number of hydrogen-bond acceptors (Lipinski definition) is 4. The number of aryl methyl sites for hydroxylation is 2. The van der Waals surface area contributed by atoms with Crippen molar-refractivity contribution < 1.29 is 16.8 Å². The topological polar surface area (TPSA) is 74.8 Å². The Balaban J connectivity index is 2.05. The van der Waals surface area contributed by atoms with Crippen molar-refractivity contribution in [2.45, 2.75) is 76.3 Å². The van der Waals surface area contributed by atoms with Crippen molar-refractivity contribution in [2.75, 3.05) is 13.1 Å². The van der Waals surface area contributed by atoms with Gasteiger partial charge in [0, 0.05) is 25.2 Å². The predicted octanol–water partition coefficient (Wildman–Crippen LogP) is 4.83. The minimum Gasteiger partial charge on any atom is -0.207 e. The lowest BCUT2D eigenvalue weighted by atomic mass is 9.97. The lowest BCUT2D eigenvalue weighted by molar-refractivity contribution is 0.118. The van der Waals surface area contributed by atoms with Crippen LogP contribution in [0, 0.1) is 25.7 Å². The number of sulfonamides is 2. The first-order valence-corrected chi connectivity index (χ1v) is 14.9. The molecule has 3 rings (SSSR count). The molecule has 0 radical (unpaired) electrons. The van der Waals surface area contributed by atoms with Crippen molar-refractivity contribution in [1.29, 1.82) is 0 Å². The smallest absolute Gasteiger partial charge is 0.207 e. The van der Waals surface area contributed by atoms with Gasteiger partial charge in [-0.1, -0.05) is 63.1 Å². The Hall–Kier alpha value is -1.74. The second kappa shape index (κ2) is 10.5. The summed E-state index contributed by atoms with van der Waals surface area (Å²) in [5, 5.41) is 0. The van der Waals surface area contributed by atoms with Crippen molar-refractivity contribution >= 4 is 20.0 Å². The average Bonchev–Trinajstić information content (AvgIpc) is 2.74. The van der Waals surface area contributed by atoms with E-state index in [0.717, 1.165) is 11.1 Å². The summed E-state index contributed by atoms with van der Waals surface area (Å²) in [5.41, 5.74) is 1.98. The summed E-state index contributed by atoms with van der Waals surface area (Å²) >= 11 is 0. The van der Waals surface area contributed by atoms with E-state index in [1.165, 1.54) is 0 Å². The monoisotopic (exact) mass is 506 g/mol. The van der Waals surface area contributed by atoms with Crippen molar-refractivity contribution in [3.8, 4) is 0 Å². The van der Waals surface area contributed by atoms with Gasteiger partial charge in [0.15, 0.2) is 0 Å². The number of hydrogen-bond donors (Lipinski definition) is 0. The molecule has 34 heavy (non-hydrogen) atoms. The van der Waals surface area contributed by atoms with Gasteiger partial charge in [-0.2, -0.15) is 8.61 Å².